The molecule has 34 heavy (non-hydrogen) atoms. The molecule has 184 valence electrons. The topological polar surface area (TPSA) is 82.3 Å². The van der Waals surface area contributed by atoms with Gasteiger partial charge in [-0.2, -0.15) is 0 Å². The van der Waals surface area contributed by atoms with Crippen molar-refractivity contribution in [3.63, 3.8) is 0 Å². The smallest absolute Gasteiger partial charge is 0.319 e. The van der Waals surface area contributed by atoms with Gasteiger partial charge >= 0.3 is 12.1 Å². The van der Waals surface area contributed by atoms with Crippen molar-refractivity contribution < 1.29 is 27.2 Å². The van der Waals surface area contributed by atoms with Gasteiger partial charge in [0.05, 0.1) is 11.4 Å². The minimum absolute atomic E-state index is 0.193. The first-order valence-corrected chi connectivity index (χ1v) is 10.9. The first-order valence-electron chi connectivity index (χ1n) is 10.9. The molecule has 1 saturated carbocycles. The van der Waals surface area contributed by atoms with Crippen molar-refractivity contribution in [2.24, 2.45) is 10.8 Å². The lowest BCUT2D eigenvalue weighted by molar-refractivity contribution is 0.0761. The third kappa shape index (κ3) is 6.85. The van der Waals surface area contributed by atoms with Gasteiger partial charge in [0.1, 0.15) is 23.3 Å². The van der Waals surface area contributed by atoms with Gasteiger partial charge in [-0.1, -0.05) is 20.8 Å². The predicted molar refractivity (Wildman–Crippen MR) is 121 cm³/mol. The molecule has 0 saturated heterocycles. The van der Waals surface area contributed by atoms with Gasteiger partial charge in [0, 0.05) is 24.7 Å². The minimum Gasteiger partial charge on any atom is -0.337 e. The number of nitrogens with one attached hydrogen (secondary N) is 4. The molecule has 1 fully saturated rings. The van der Waals surface area contributed by atoms with Gasteiger partial charge in [-0.3, -0.25) is 0 Å². The van der Waals surface area contributed by atoms with Gasteiger partial charge in [-0.25, -0.2) is 27.2 Å². The summed E-state index contributed by atoms with van der Waals surface area (Å²) in [5.41, 5.74) is -1.16. The van der Waals surface area contributed by atoms with Crippen LogP contribution in [0, 0.1) is 34.1 Å². The molecule has 0 unspecified atom stereocenters. The van der Waals surface area contributed by atoms with Crippen LogP contribution < -0.4 is 21.3 Å². The number of benzene rings is 2. The highest BCUT2D eigenvalue weighted by atomic mass is 19.1. The molecule has 1 aliphatic rings. The van der Waals surface area contributed by atoms with Crippen molar-refractivity contribution in [2.45, 2.75) is 46.1 Å². The fourth-order valence-corrected chi connectivity index (χ4v) is 4.86. The van der Waals surface area contributed by atoms with E-state index in [0.717, 1.165) is 42.8 Å². The van der Waals surface area contributed by atoms with Gasteiger partial charge in [-0.15, -0.1) is 0 Å². The quantitative estimate of drug-likeness (QED) is 0.410. The molecule has 10 heteroatoms. The van der Waals surface area contributed by atoms with E-state index in [4.69, 9.17) is 0 Å². The number of urea groups is 2. The molecule has 3 rings (SSSR count). The highest BCUT2D eigenvalue weighted by Crippen LogP contribution is 2.45. The van der Waals surface area contributed by atoms with E-state index < -0.39 is 40.7 Å². The standard InChI is InChI=1S/C24H28F4N4O2/c1-23(2)10-16(30-22(34)32-20-9-15(26)5-7-18(20)28)11-24(3,12-23)13-29-21(33)31-19-8-14(25)4-6-17(19)27/h4-9,16H,10-13H2,1-3H3,(H2,29,31,33)(H2,30,32,34)/t16-,24-/m0/s1. The molecule has 2 atom stereocenters. The predicted octanol–water partition coefficient (Wildman–Crippen LogP) is 5.77. The van der Waals surface area contributed by atoms with Crippen molar-refractivity contribution in [1.29, 1.82) is 0 Å². The van der Waals surface area contributed by atoms with Crippen molar-refractivity contribution in [3.8, 4) is 0 Å². The largest absolute Gasteiger partial charge is 0.337 e. The van der Waals surface area contributed by atoms with E-state index in [1.807, 2.05) is 20.8 Å². The molecule has 2 aromatic carbocycles. The Labute approximate surface area is 195 Å². The Hall–Kier alpha value is -3.30. The number of anilines is 2. The SMILES string of the molecule is CC1(C)C[C@H](NC(=O)Nc2cc(F)ccc2F)C[C@](C)(CNC(=O)Nc2cc(F)ccc2F)C1. The zero-order valence-electron chi connectivity index (χ0n) is 19.2. The van der Waals surface area contributed by atoms with Crippen LogP contribution in [-0.2, 0) is 0 Å². The molecule has 0 radical (unpaired) electrons. The lowest BCUT2D eigenvalue weighted by Crippen LogP contribution is -2.51. The van der Waals surface area contributed by atoms with E-state index in [9.17, 15) is 27.2 Å². The molecule has 4 N–H and O–H groups in total. The highest BCUT2D eigenvalue weighted by Gasteiger charge is 2.42. The summed E-state index contributed by atoms with van der Waals surface area (Å²) < 4.78 is 54.3. The molecule has 0 aliphatic heterocycles. The normalized spacial score (nSPS) is 21.4. The second-order valence-electron chi connectivity index (χ2n) is 9.91. The second kappa shape index (κ2) is 9.90. The van der Waals surface area contributed by atoms with Crippen molar-refractivity contribution in [2.75, 3.05) is 17.2 Å². The van der Waals surface area contributed by atoms with Crippen LogP contribution in [0.3, 0.4) is 0 Å². The third-order valence-corrected chi connectivity index (χ3v) is 5.81. The summed E-state index contributed by atoms with van der Waals surface area (Å²) in [6.45, 7) is 6.24. The van der Waals surface area contributed by atoms with Crippen LogP contribution in [0.25, 0.3) is 0 Å². The Morgan fingerprint density at radius 2 is 1.38 bits per heavy atom. The summed E-state index contributed by atoms with van der Waals surface area (Å²) in [7, 11) is 0. The highest BCUT2D eigenvalue weighted by molar-refractivity contribution is 5.90. The Morgan fingerprint density at radius 1 is 0.853 bits per heavy atom. The van der Waals surface area contributed by atoms with Crippen molar-refractivity contribution >= 4 is 23.4 Å². The van der Waals surface area contributed by atoms with Crippen LogP contribution in [0.15, 0.2) is 36.4 Å². The van der Waals surface area contributed by atoms with E-state index in [1.165, 1.54) is 0 Å². The molecular weight excluding hydrogens is 452 g/mol. The van der Waals surface area contributed by atoms with E-state index >= 15 is 0 Å². The lowest BCUT2D eigenvalue weighted by Gasteiger charge is -2.46. The molecule has 0 spiro atoms. The van der Waals surface area contributed by atoms with Gasteiger partial charge in [0.2, 0.25) is 0 Å². The number of hydrogen-bond donors (Lipinski definition) is 4. The summed E-state index contributed by atoms with van der Waals surface area (Å²) in [5, 5.41) is 10.1. The fraction of sp³-hybridized carbons (Fsp3) is 0.417. The van der Waals surface area contributed by atoms with E-state index in [0.29, 0.717) is 12.8 Å². The first kappa shape index (κ1) is 25.3. The summed E-state index contributed by atoms with van der Waals surface area (Å²) in [6.07, 6.45) is 1.87. The number of rotatable bonds is 5. The Morgan fingerprint density at radius 3 is 1.94 bits per heavy atom. The van der Waals surface area contributed by atoms with Crippen molar-refractivity contribution in [1.82, 2.24) is 10.6 Å². The molecular formula is C24H28F4N4O2. The van der Waals surface area contributed by atoms with Crippen LogP contribution in [0.5, 0.6) is 0 Å². The maximum Gasteiger partial charge on any atom is 0.319 e. The third-order valence-electron chi connectivity index (χ3n) is 5.81. The van der Waals surface area contributed by atoms with Crippen LogP contribution in [0.4, 0.5) is 38.5 Å². The lowest BCUT2D eigenvalue weighted by atomic mass is 9.62. The van der Waals surface area contributed by atoms with Gasteiger partial charge in [0.25, 0.3) is 0 Å². The van der Waals surface area contributed by atoms with Crippen LogP contribution in [0.2, 0.25) is 0 Å². The summed E-state index contributed by atoms with van der Waals surface area (Å²) in [4.78, 5) is 24.7. The number of hydrogen-bond acceptors (Lipinski definition) is 2. The molecule has 6 nitrogen and oxygen atoms in total. The number of amides is 4. The van der Waals surface area contributed by atoms with Gasteiger partial charge in [0.15, 0.2) is 0 Å². The van der Waals surface area contributed by atoms with Crippen molar-refractivity contribution in [3.05, 3.63) is 59.7 Å². The zero-order chi connectivity index (χ0) is 25.1. The summed E-state index contributed by atoms with van der Waals surface area (Å²) >= 11 is 0. The molecule has 4 amide bonds. The average Bonchev–Trinajstić information content (AvgIpc) is 2.70. The summed E-state index contributed by atoms with van der Waals surface area (Å²) in [5.74, 6) is -2.87. The molecule has 1 aliphatic carbocycles. The van der Waals surface area contributed by atoms with E-state index in [2.05, 4.69) is 21.3 Å². The fourth-order valence-electron chi connectivity index (χ4n) is 4.86. The van der Waals surface area contributed by atoms with Gasteiger partial charge in [-0.05, 0) is 54.4 Å². The first-order chi connectivity index (χ1) is 15.8. The zero-order valence-corrected chi connectivity index (χ0v) is 19.2. The Bertz CT molecular complexity index is 1080. The van der Waals surface area contributed by atoms with Gasteiger partial charge < -0.3 is 21.3 Å². The molecule has 0 heterocycles. The second-order valence-corrected chi connectivity index (χ2v) is 9.91. The molecule has 0 bridgehead atoms. The Balaban J connectivity index is 1.60. The monoisotopic (exact) mass is 480 g/mol. The van der Waals surface area contributed by atoms with Crippen LogP contribution in [-0.4, -0.2) is 24.6 Å². The number of carbonyl (C=O) groups excluding carboxylic acids is 2. The maximum absolute atomic E-state index is 13.8. The maximum atomic E-state index is 13.8. The molecule has 2 aromatic rings. The van der Waals surface area contributed by atoms with Crippen LogP contribution >= 0.6 is 0 Å². The minimum atomic E-state index is -0.758. The number of carbonyl (C=O) groups is 2. The Kier molecular flexibility index (Phi) is 7.38. The summed E-state index contributed by atoms with van der Waals surface area (Å²) in [6, 6.07) is 3.91. The molecule has 0 aromatic heterocycles. The average molecular weight is 481 g/mol. The number of halogens is 4. The van der Waals surface area contributed by atoms with E-state index in [-0.39, 0.29) is 29.4 Å². The van der Waals surface area contributed by atoms with E-state index in [1.54, 1.807) is 0 Å². The van der Waals surface area contributed by atoms with Crippen LogP contribution in [0.1, 0.15) is 40.0 Å².